The van der Waals surface area contributed by atoms with Crippen LogP contribution in [0.15, 0.2) is 35.3 Å². The molecule has 0 heterocycles. The lowest BCUT2D eigenvalue weighted by Crippen LogP contribution is -2.42. The van der Waals surface area contributed by atoms with Crippen LogP contribution in [0.1, 0.15) is 39.2 Å². The Morgan fingerprint density at radius 3 is 2.58 bits per heavy atom. The van der Waals surface area contributed by atoms with E-state index in [9.17, 15) is 4.79 Å². The van der Waals surface area contributed by atoms with Crippen molar-refractivity contribution >= 4 is 11.9 Å². The number of benzene rings is 1. The number of amides is 1. The van der Waals surface area contributed by atoms with Crippen LogP contribution in [0.25, 0.3) is 0 Å². The lowest BCUT2D eigenvalue weighted by molar-refractivity contribution is -0.121. The minimum absolute atomic E-state index is 0.0602. The first-order valence-electron chi connectivity index (χ1n) is 9.40. The highest BCUT2D eigenvalue weighted by molar-refractivity contribution is 5.81. The van der Waals surface area contributed by atoms with E-state index in [1.54, 1.807) is 7.05 Å². The predicted octanol–water partition coefficient (Wildman–Crippen LogP) is 2.31. The Balaban J connectivity index is 2.15. The van der Waals surface area contributed by atoms with E-state index in [1.165, 1.54) is 5.56 Å². The maximum absolute atomic E-state index is 11.8. The monoisotopic (exact) mass is 362 g/mol. The zero-order valence-electron chi connectivity index (χ0n) is 16.5. The predicted molar refractivity (Wildman–Crippen MR) is 107 cm³/mol. The van der Waals surface area contributed by atoms with E-state index in [0.717, 1.165) is 13.0 Å². The molecule has 1 rings (SSSR count). The fraction of sp³-hybridized carbons (Fsp3) is 0.600. The fourth-order valence-corrected chi connectivity index (χ4v) is 2.25. The number of nitrogens with zero attached hydrogens (tertiary/aromatic N) is 1. The summed E-state index contributed by atoms with van der Waals surface area (Å²) in [5, 5.41) is 9.39. The topological polar surface area (TPSA) is 74.8 Å². The van der Waals surface area contributed by atoms with E-state index in [1.807, 2.05) is 25.1 Å². The largest absolute Gasteiger partial charge is 0.376 e. The van der Waals surface area contributed by atoms with Crippen molar-refractivity contribution in [3.8, 4) is 0 Å². The van der Waals surface area contributed by atoms with Crippen LogP contribution in [0.3, 0.4) is 0 Å². The molecule has 0 aliphatic carbocycles. The van der Waals surface area contributed by atoms with Crippen LogP contribution in [0.2, 0.25) is 0 Å². The second-order valence-electron chi connectivity index (χ2n) is 6.61. The van der Waals surface area contributed by atoms with Gasteiger partial charge in [0, 0.05) is 32.6 Å². The van der Waals surface area contributed by atoms with Gasteiger partial charge in [-0.1, -0.05) is 44.2 Å². The van der Waals surface area contributed by atoms with Crippen molar-refractivity contribution in [1.29, 1.82) is 0 Å². The minimum atomic E-state index is 0.0602. The van der Waals surface area contributed by atoms with Gasteiger partial charge in [0.25, 0.3) is 0 Å². The SMILES string of the molecule is CCC(C)NC(=O)CCNC(=NC)NCC(C)COCc1ccccc1. The van der Waals surface area contributed by atoms with Gasteiger partial charge in [-0.3, -0.25) is 9.79 Å². The van der Waals surface area contributed by atoms with Crippen molar-refractivity contribution in [2.24, 2.45) is 10.9 Å². The maximum Gasteiger partial charge on any atom is 0.221 e. The van der Waals surface area contributed by atoms with Crippen molar-refractivity contribution in [3.05, 3.63) is 35.9 Å². The summed E-state index contributed by atoms with van der Waals surface area (Å²) in [6, 6.07) is 10.4. The highest BCUT2D eigenvalue weighted by atomic mass is 16.5. The van der Waals surface area contributed by atoms with Crippen LogP contribution < -0.4 is 16.0 Å². The highest BCUT2D eigenvalue weighted by Gasteiger charge is 2.07. The third-order valence-electron chi connectivity index (χ3n) is 4.02. The van der Waals surface area contributed by atoms with Crippen molar-refractivity contribution in [2.45, 2.75) is 46.3 Å². The number of hydrogen-bond donors (Lipinski definition) is 3. The molecule has 146 valence electrons. The van der Waals surface area contributed by atoms with Crippen molar-refractivity contribution in [2.75, 3.05) is 26.7 Å². The summed E-state index contributed by atoms with van der Waals surface area (Å²) in [6.07, 6.45) is 1.37. The van der Waals surface area contributed by atoms with Gasteiger partial charge in [-0.2, -0.15) is 0 Å². The van der Waals surface area contributed by atoms with Gasteiger partial charge in [0.15, 0.2) is 5.96 Å². The van der Waals surface area contributed by atoms with Crippen molar-refractivity contribution < 1.29 is 9.53 Å². The van der Waals surface area contributed by atoms with Crippen LogP contribution >= 0.6 is 0 Å². The molecule has 0 spiro atoms. The molecule has 0 radical (unpaired) electrons. The van der Waals surface area contributed by atoms with Gasteiger partial charge in [0.2, 0.25) is 5.91 Å². The number of guanidine groups is 1. The first-order valence-corrected chi connectivity index (χ1v) is 9.40. The molecule has 0 fully saturated rings. The third kappa shape index (κ3) is 10.0. The summed E-state index contributed by atoms with van der Waals surface area (Å²) in [4.78, 5) is 15.9. The summed E-state index contributed by atoms with van der Waals surface area (Å²) < 4.78 is 5.75. The molecule has 3 N–H and O–H groups in total. The average molecular weight is 363 g/mol. The van der Waals surface area contributed by atoms with Crippen LogP contribution in [0, 0.1) is 5.92 Å². The second-order valence-corrected chi connectivity index (χ2v) is 6.61. The molecule has 1 aromatic rings. The van der Waals surface area contributed by atoms with E-state index >= 15 is 0 Å². The lowest BCUT2D eigenvalue weighted by atomic mass is 10.2. The van der Waals surface area contributed by atoms with Gasteiger partial charge in [0.05, 0.1) is 13.2 Å². The quantitative estimate of drug-likeness (QED) is 0.417. The zero-order valence-corrected chi connectivity index (χ0v) is 16.5. The Morgan fingerprint density at radius 2 is 1.92 bits per heavy atom. The Morgan fingerprint density at radius 1 is 1.19 bits per heavy atom. The average Bonchev–Trinajstić information content (AvgIpc) is 2.65. The second kappa shape index (κ2) is 13.2. The first-order chi connectivity index (χ1) is 12.5. The molecule has 0 aliphatic rings. The molecule has 0 saturated carbocycles. The van der Waals surface area contributed by atoms with Gasteiger partial charge in [0.1, 0.15) is 0 Å². The Labute approximate surface area is 157 Å². The lowest BCUT2D eigenvalue weighted by Gasteiger charge is -2.16. The van der Waals surface area contributed by atoms with Crippen LogP contribution in [0.5, 0.6) is 0 Å². The van der Waals surface area contributed by atoms with Gasteiger partial charge in [-0.05, 0) is 24.8 Å². The number of aliphatic imine (C=N–C) groups is 1. The van der Waals surface area contributed by atoms with Crippen LogP contribution in [-0.4, -0.2) is 44.7 Å². The van der Waals surface area contributed by atoms with Gasteiger partial charge >= 0.3 is 0 Å². The Kier molecular flexibility index (Phi) is 11.1. The minimum Gasteiger partial charge on any atom is -0.376 e. The van der Waals surface area contributed by atoms with E-state index < -0.39 is 0 Å². The smallest absolute Gasteiger partial charge is 0.221 e. The molecule has 26 heavy (non-hydrogen) atoms. The van der Waals surface area contributed by atoms with E-state index in [4.69, 9.17) is 4.74 Å². The van der Waals surface area contributed by atoms with E-state index in [0.29, 0.717) is 38.1 Å². The normalized spacial score (nSPS) is 13.8. The summed E-state index contributed by atoms with van der Waals surface area (Å²) in [5.41, 5.74) is 1.18. The van der Waals surface area contributed by atoms with Gasteiger partial charge in [-0.15, -0.1) is 0 Å². The number of nitrogens with one attached hydrogen (secondary N) is 3. The zero-order chi connectivity index (χ0) is 19.2. The number of ether oxygens (including phenoxy) is 1. The standard InChI is InChI=1S/C20H34N4O2/c1-5-17(3)24-19(25)11-12-22-20(21-4)23-13-16(2)14-26-15-18-9-7-6-8-10-18/h6-10,16-17H,5,11-15H2,1-4H3,(H,24,25)(H2,21,22,23). The molecular formula is C20H34N4O2. The molecule has 0 bridgehead atoms. The number of carbonyl (C=O) groups is 1. The number of rotatable bonds is 11. The fourth-order valence-electron chi connectivity index (χ4n) is 2.25. The van der Waals surface area contributed by atoms with Crippen LogP contribution in [-0.2, 0) is 16.1 Å². The number of hydrogen-bond acceptors (Lipinski definition) is 3. The molecule has 0 saturated heterocycles. The van der Waals surface area contributed by atoms with E-state index in [2.05, 4.69) is 46.9 Å². The van der Waals surface area contributed by atoms with Crippen molar-refractivity contribution in [1.82, 2.24) is 16.0 Å². The van der Waals surface area contributed by atoms with Gasteiger partial charge < -0.3 is 20.7 Å². The Bertz CT molecular complexity index is 534. The highest BCUT2D eigenvalue weighted by Crippen LogP contribution is 2.02. The molecule has 1 aromatic carbocycles. The third-order valence-corrected chi connectivity index (χ3v) is 4.02. The summed E-state index contributed by atoms with van der Waals surface area (Å²) in [5.74, 6) is 1.12. The molecule has 6 nitrogen and oxygen atoms in total. The molecule has 0 aromatic heterocycles. The molecule has 0 aliphatic heterocycles. The first kappa shape index (κ1) is 22.0. The summed E-state index contributed by atoms with van der Waals surface area (Å²) in [6.45, 7) is 8.81. The van der Waals surface area contributed by atoms with Gasteiger partial charge in [-0.25, -0.2) is 0 Å². The Hall–Kier alpha value is -2.08. The van der Waals surface area contributed by atoms with Crippen molar-refractivity contribution in [3.63, 3.8) is 0 Å². The molecule has 6 heteroatoms. The molecule has 1 amide bonds. The summed E-state index contributed by atoms with van der Waals surface area (Å²) in [7, 11) is 1.73. The van der Waals surface area contributed by atoms with E-state index in [-0.39, 0.29) is 11.9 Å². The maximum atomic E-state index is 11.8. The molecule has 2 unspecified atom stereocenters. The molecular weight excluding hydrogens is 328 g/mol. The summed E-state index contributed by atoms with van der Waals surface area (Å²) >= 11 is 0. The van der Waals surface area contributed by atoms with Crippen LogP contribution in [0.4, 0.5) is 0 Å². The molecule has 2 atom stereocenters. The number of carbonyl (C=O) groups excluding carboxylic acids is 1.